The Morgan fingerprint density at radius 2 is 1.80 bits per heavy atom. The third-order valence-electron chi connectivity index (χ3n) is 4.87. The van der Waals surface area contributed by atoms with Crippen LogP contribution in [0.3, 0.4) is 0 Å². The Balaban J connectivity index is 1.66. The van der Waals surface area contributed by atoms with Crippen molar-refractivity contribution < 1.29 is 27.1 Å². The standard InChI is InChI=1S/C21H23F4N3O2/c22-17-7-6-16(18(12-17)21(23,24)25)13-26-20(29)27-19(15-4-2-1-3-5-15)14-28-8-10-30-11-9-28/h1-7,12,19H,8-11,13-14H2,(H2,26,27,29). The molecule has 0 aromatic heterocycles. The summed E-state index contributed by atoms with van der Waals surface area (Å²) in [7, 11) is 0. The van der Waals surface area contributed by atoms with Gasteiger partial charge in [0.2, 0.25) is 0 Å². The molecule has 30 heavy (non-hydrogen) atoms. The first-order chi connectivity index (χ1) is 14.3. The van der Waals surface area contributed by atoms with Gasteiger partial charge in [0.1, 0.15) is 5.82 Å². The van der Waals surface area contributed by atoms with Gasteiger partial charge in [-0.05, 0) is 23.3 Å². The Morgan fingerprint density at radius 1 is 1.10 bits per heavy atom. The number of hydrogen-bond acceptors (Lipinski definition) is 3. The second kappa shape index (κ2) is 9.90. The molecule has 1 unspecified atom stereocenters. The number of benzene rings is 2. The molecule has 5 nitrogen and oxygen atoms in total. The zero-order valence-electron chi connectivity index (χ0n) is 16.2. The Bertz CT molecular complexity index is 840. The molecule has 1 heterocycles. The van der Waals surface area contributed by atoms with E-state index in [2.05, 4.69) is 15.5 Å². The van der Waals surface area contributed by atoms with Crippen LogP contribution in [0.2, 0.25) is 0 Å². The number of morpholine rings is 1. The van der Waals surface area contributed by atoms with Crippen molar-refractivity contribution in [1.29, 1.82) is 0 Å². The normalized spacial score (nSPS) is 16.1. The van der Waals surface area contributed by atoms with Crippen molar-refractivity contribution in [3.63, 3.8) is 0 Å². The van der Waals surface area contributed by atoms with Gasteiger partial charge in [0.25, 0.3) is 0 Å². The summed E-state index contributed by atoms with van der Waals surface area (Å²) in [6, 6.07) is 10.8. The first kappa shape index (κ1) is 22.0. The molecular weight excluding hydrogens is 402 g/mol. The van der Waals surface area contributed by atoms with E-state index in [-0.39, 0.29) is 18.2 Å². The number of carbonyl (C=O) groups excluding carboxylic acids is 1. The second-order valence-electron chi connectivity index (χ2n) is 7.00. The van der Waals surface area contributed by atoms with Crippen LogP contribution in [0.25, 0.3) is 0 Å². The highest BCUT2D eigenvalue weighted by Gasteiger charge is 2.33. The van der Waals surface area contributed by atoms with Crippen molar-refractivity contribution in [2.24, 2.45) is 0 Å². The van der Waals surface area contributed by atoms with E-state index >= 15 is 0 Å². The van der Waals surface area contributed by atoms with Crippen LogP contribution in [0.4, 0.5) is 22.4 Å². The lowest BCUT2D eigenvalue weighted by molar-refractivity contribution is -0.138. The van der Waals surface area contributed by atoms with Gasteiger partial charge in [0.15, 0.2) is 0 Å². The summed E-state index contributed by atoms with van der Waals surface area (Å²) in [5.74, 6) is -0.981. The van der Waals surface area contributed by atoms with Crippen molar-refractivity contribution in [3.8, 4) is 0 Å². The molecule has 0 bridgehead atoms. The Labute approximate surface area is 172 Å². The van der Waals surface area contributed by atoms with Crippen molar-refractivity contribution in [2.75, 3.05) is 32.8 Å². The molecule has 2 aromatic carbocycles. The molecule has 1 fully saturated rings. The van der Waals surface area contributed by atoms with Gasteiger partial charge >= 0.3 is 12.2 Å². The summed E-state index contributed by atoms with van der Waals surface area (Å²) < 4.78 is 58.0. The lowest BCUT2D eigenvalue weighted by Gasteiger charge is -2.31. The maximum Gasteiger partial charge on any atom is 0.416 e. The maximum atomic E-state index is 13.2. The quantitative estimate of drug-likeness (QED) is 0.694. The lowest BCUT2D eigenvalue weighted by atomic mass is 10.1. The van der Waals surface area contributed by atoms with Gasteiger partial charge in [0, 0.05) is 26.2 Å². The summed E-state index contributed by atoms with van der Waals surface area (Å²) in [5, 5.41) is 5.29. The zero-order chi connectivity index (χ0) is 21.6. The minimum absolute atomic E-state index is 0.205. The van der Waals surface area contributed by atoms with Crippen LogP contribution >= 0.6 is 0 Å². The molecule has 2 N–H and O–H groups in total. The maximum absolute atomic E-state index is 13.2. The van der Waals surface area contributed by atoms with E-state index in [9.17, 15) is 22.4 Å². The van der Waals surface area contributed by atoms with Crippen LogP contribution in [0.5, 0.6) is 0 Å². The van der Waals surface area contributed by atoms with Gasteiger partial charge in [-0.15, -0.1) is 0 Å². The van der Waals surface area contributed by atoms with E-state index in [0.717, 1.165) is 30.8 Å². The van der Waals surface area contributed by atoms with Crippen molar-refractivity contribution in [1.82, 2.24) is 15.5 Å². The fourth-order valence-electron chi connectivity index (χ4n) is 3.31. The molecule has 3 rings (SSSR count). The highest BCUT2D eigenvalue weighted by molar-refractivity contribution is 5.74. The van der Waals surface area contributed by atoms with E-state index in [0.29, 0.717) is 25.8 Å². The number of hydrogen-bond donors (Lipinski definition) is 2. The Kier molecular flexibility index (Phi) is 7.28. The molecular formula is C21H23F4N3O2. The number of nitrogens with one attached hydrogen (secondary N) is 2. The first-order valence-corrected chi connectivity index (χ1v) is 9.58. The minimum atomic E-state index is -4.71. The summed E-state index contributed by atoms with van der Waals surface area (Å²) >= 11 is 0. The summed E-state index contributed by atoms with van der Waals surface area (Å²) in [4.78, 5) is 14.6. The van der Waals surface area contributed by atoms with Crippen LogP contribution in [-0.2, 0) is 17.5 Å². The molecule has 1 aliphatic rings. The highest BCUT2D eigenvalue weighted by atomic mass is 19.4. The smallest absolute Gasteiger partial charge is 0.379 e. The molecule has 0 radical (unpaired) electrons. The zero-order valence-corrected chi connectivity index (χ0v) is 16.2. The molecule has 1 saturated heterocycles. The summed E-state index contributed by atoms with van der Waals surface area (Å²) in [6.07, 6.45) is -4.71. The number of urea groups is 1. The lowest BCUT2D eigenvalue weighted by Crippen LogP contribution is -2.45. The Morgan fingerprint density at radius 3 is 2.47 bits per heavy atom. The molecule has 0 saturated carbocycles. The van der Waals surface area contributed by atoms with E-state index < -0.39 is 23.6 Å². The van der Waals surface area contributed by atoms with Crippen LogP contribution in [0.15, 0.2) is 48.5 Å². The number of carbonyl (C=O) groups is 1. The topological polar surface area (TPSA) is 53.6 Å². The molecule has 0 spiro atoms. The number of rotatable bonds is 6. The van der Waals surface area contributed by atoms with E-state index in [1.807, 2.05) is 30.3 Å². The monoisotopic (exact) mass is 425 g/mol. The predicted octanol–water partition coefficient (Wildman–Crippen LogP) is 3.72. The molecule has 1 atom stereocenters. The number of nitrogens with zero attached hydrogens (tertiary/aromatic N) is 1. The molecule has 1 aliphatic heterocycles. The highest BCUT2D eigenvalue weighted by Crippen LogP contribution is 2.32. The third-order valence-corrected chi connectivity index (χ3v) is 4.87. The van der Waals surface area contributed by atoms with E-state index in [4.69, 9.17) is 4.74 Å². The second-order valence-corrected chi connectivity index (χ2v) is 7.00. The molecule has 162 valence electrons. The van der Waals surface area contributed by atoms with Gasteiger partial charge in [-0.1, -0.05) is 36.4 Å². The number of ether oxygens (including phenoxy) is 1. The predicted molar refractivity (Wildman–Crippen MR) is 103 cm³/mol. The molecule has 2 aromatic rings. The number of halogens is 4. The van der Waals surface area contributed by atoms with Crippen LogP contribution in [-0.4, -0.2) is 43.8 Å². The van der Waals surface area contributed by atoms with Crippen LogP contribution in [0, 0.1) is 5.82 Å². The van der Waals surface area contributed by atoms with Gasteiger partial charge in [-0.3, -0.25) is 4.90 Å². The fraction of sp³-hybridized carbons (Fsp3) is 0.381. The van der Waals surface area contributed by atoms with Gasteiger partial charge in [-0.25, -0.2) is 9.18 Å². The number of alkyl halides is 3. The third kappa shape index (κ3) is 6.17. The van der Waals surface area contributed by atoms with Crippen LogP contribution < -0.4 is 10.6 Å². The number of amides is 2. The average molecular weight is 425 g/mol. The van der Waals surface area contributed by atoms with E-state index in [1.165, 1.54) is 0 Å². The van der Waals surface area contributed by atoms with Gasteiger partial charge in [0.05, 0.1) is 24.8 Å². The Hall–Kier alpha value is -2.65. The SMILES string of the molecule is O=C(NCc1ccc(F)cc1C(F)(F)F)NC(CN1CCOCC1)c1ccccc1. The van der Waals surface area contributed by atoms with E-state index in [1.54, 1.807) is 0 Å². The fourth-order valence-corrected chi connectivity index (χ4v) is 3.31. The average Bonchev–Trinajstić information content (AvgIpc) is 2.73. The molecule has 2 amide bonds. The summed E-state index contributed by atoms with van der Waals surface area (Å²) in [6.45, 7) is 2.86. The minimum Gasteiger partial charge on any atom is -0.379 e. The van der Waals surface area contributed by atoms with Crippen molar-refractivity contribution in [3.05, 3.63) is 71.0 Å². The first-order valence-electron chi connectivity index (χ1n) is 9.58. The van der Waals surface area contributed by atoms with Gasteiger partial charge < -0.3 is 15.4 Å². The van der Waals surface area contributed by atoms with Crippen LogP contribution in [0.1, 0.15) is 22.7 Å². The van der Waals surface area contributed by atoms with Crippen molar-refractivity contribution in [2.45, 2.75) is 18.8 Å². The largest absolute Gasteiger partial charge is 0.416 e. The summed E-state index contributed by atoms with van der Waals surface area (Å²) in [5.41, 5.74) is -0.420. The molecule has 9 heteroatoms. The van der Waals surface area contributed by atoms with Gasteiger partial charge in [-0.2, -0.15) is 13.2 Å². The molecule has 0 aliphatic carbocycles. The van der Waals surface area contributed by atoms with Crippen molar-refractivity contribution >= 4 is 6.03 Å².